The highest BCUT2D eigenvalue weighted by molar-refractivity contribution is 7.47. The lowest BCUT2D eigenvalue weighted by molar-refractivity contribution is -0.161. The molecular formula is C81H158O17P2. The van der Waals surface area contributed by atoms with Crippen LogP contribution in [0.5, 0.6) is 0 Å². The average Bonchev–Trinajstić information content (AvgIpc) is 0.943. The molecule has 0 saturated heterocycles. The summed E-state index contributed by atoms with van der Waals surface area (Å²) in [6.45, 7) is 14.2. The number of rotatable bonds is 78. The Morgan fingerprint density at radius 3 is 0.620 bits per heavy atom. The maximum Gasteiger partial charge on any atom is 0.472 e. The number of hydrogen-bond acceptors (Lipinski definition) is 15. The maximum atomic E-state index is 13.1. The Balaban J connectivity index is 5.21. The monoisotopic (exact) mass is 1470 g/mol. The number of phosphoric ester groups is 2. The van der Waals surface area contributed by atoms with Crippen LogP contribution in [-0.4, -0.2) is 96.7 Å². The molecule has 3 N–H and O–H groups in total. The topological polar surface area (TPSA) is 237 Å². The van der Waals surface area contributed by atoms with Crippen molar-refractivity contribution in [3.05, 3.63) is 0 Å². The van der Waals surface area contributed by atoms with Crippen LogP contribution in [-0.2, 0) is 65.4 Å². The van der Waals surface area contributed by atoms with Crippen LogP contribution in [0.25, 0.3) is 0 Å². The number of unbranched alkanes of at least 4 members (excludes halogenated alkanes) is 44. The molecule has 0 aromatic carbocycles. The van der Waals surface area contributed by atoms with Crippen molar-refractivity contribution in [2.75, 3.05) is 39.6 Å². The Hall–Kier alpha value is -1.94. The largest absolute Gasteiger partial charge is 0.472 e. The second kappa shape index (κ2) is 70.1. The van der Waals surface area contributed by atoms with Crippen molar-refractivity contribution < 1.29 is 80.2 Å². The van der Waals surface area contributed by atoms with Crippen molar-refractivity contribution in [3.63, 3.8) is 0 Å². The van der Waals surface area contributed by atoms with Crippen molar-refractivity contribution in [2.45, 2.75) is 433 Å². The molecule has 0 heterocycles. The first-order chi connectivity index (χ1) is 48.1. The summed E-state index contributed by atoms with van der Waals surface area (Å²) in [5, 5.41) is 10.6. The molecule has 0 aromatic rings. The predicted octanol–water partition coefficient (Wildman–Crippen LogP) is 24.0. The number of esters is 4. The van der Waals surface area contributed by atoms with Crippen molar-refractivity contribution in [1.82, 2.24) is 0 Å². The van der Waals surface area contributed by atoms with E-state index in [-0.39, 0.29) is 25.7 Å². The molecule has 0 aliphatic heterocycles. The standard InChI is InChI=1S/C81H158O17P2/c1-71(2)57-49-41-33-26-20-16-13-11-9-10-12-14-18-22-29-37-45-53-61-78(83)91-67-76(97-80(85)63-55-47-38-30-23-19-15-17-21-27-34-42-50-58-72(3)4)69-95-99(87,88)93-65-75(82)66-94-100(89,90)96-70-77(68-92-79(84)62-54-46-40-32-36-44-52-60-74(7)8)98-81(86)64-56-48-39-31-25-24-28-35-43-51-59-73(5)6/h71-77,82H,9-70H2,1-8H3,(H,87,88)(H,89,90)/t75?,76-,77-/m1/s1. The highest BCUT2D eigenvalue weighted by Crippen LogP contribution is 2.45. The lowest BCUT2D eigenvalue weighted by Gasteiger charge is -2.21. The molecular weight excluding hydrogens is 1310 g/mol. The minimum Gasteiger partial charge on any atom is -0.462 e. The van der Waals surface area contributed by atoms with Gasteiger partial charge >= 0.3 is 39.5 Å². The Kier molecular flexibility index (Phi) is 68.7. The van der Waals surface area contributed by atoms with E-state index in [2.05, 4.69) is 55.4 Å². The molecule has 0 aromatic heterocycles. The van der Waals surface area contributed by atoms with Crippen LogP contribution in [0, 0.1) is 23.7 Å². The van der Waals surface area contributed by atoms with E-state index >= 15 is 0 Å². The number of hydrogen-bond donors (Lipinski definition) is 3. The summed E-state index contributed by atoms with van der Waals surface area (Å²) >= 11 is 0. The SMILES string of the molecule is CC(C)CCCCCCCCCCCCCCCCCCCCC(=O)OC[C@H](COP(=O)(O)OCC(O)COP(=O)(O)OC[C@@H](COC(=O)CCCCCCCCCC(C)C)OC(=O)CCCCCCCCCCCCC(C)C)OC(=O)CCCCCCCCCCCCCCCC(C)C. The van der Waals surface area contributed by atoms with Gasteiger partial charge in [0.2, 0.25) is 0 Å². The molecule has 0 bridgehead atoms. The third kappa shape index (κ3) is 74.3. The van der Waals surface area contributed by atoms with Gasteiger partial charge in [-0.25, -0.2) is 9.13 Å². The summed E-state index contributed by atoms with van der Waals surface area (Å²) in [4.78, 5) is 73.0. The number of ether oxygens (including phenoxy) is 4. The number of phosphoric acid groups is 2. The normalized spacial score (nSPS) is 14.0. The van der Waals surface area contributed by atoms with Crippen molar-refractivity contribution >= 4 is 39.5 Å². The zero-order valence-electron chi connectivity index (χ0n) is 65.8. The van der Waals surface area contributed by atoms with Gasteiger partial charge in [-0.3, -0.25) is 37.3 Å². The predicted molar refractivity (Wildman–Crippen MR) is 409 cm³/mol. The van der Waals surface area contributed by atoms with E-state index in [9.17, 15) is 43.2 Å². The fraction of sp³-hybridized carbons (Fsp3) is 0.951. The van der Waals surface area contributed by atoms with Gasteiger partial charge in [0.15, 0.2) is 12.2 Å². The Labute approximate surface area is 613 Å². The number of carbonyl (C=O) groups excluding carboxylic acids is 4. The van der Waals surface area contributed by atoms with E-state index in [1.54, 1.807) is 0 Å². The van der Waals surface area contributed by atoms with Crippen LogP contribution < -0.4 is 0 Å². The molecule has 0 spiro atoms. The molecule has 0 aliphatic rings. The van der Waals surface area contributed by atoms with Gasteiger partial charge in [-0.1, -0.05) is 364 Å². The first-order valence-electron chi connectivity index (χ1n) is 41.7. The van der Waals surface area contributed by atoms with Crippen LogP contribution in [0.4, 0.5) is 0 Å². The van der Waals surface area contributed by atoms with Crippen molar-refractivity contribution in [2.24, 2.45) is 23.7 Å². The maximum absolute atomic E-state index is 13.1. The van der Waals surface area contributed by atoms with Gasteiger partial charge in [0.1, 0.15) is 19.3 Å². The van der Waals surface area contributed by atoms with Crippen LogP contribution in [0.1, 0.15) is 415 Å². The lowest BCUT2D eigenvalue weighted by Crippen LogP contribution is -2.30. The van der Waals surface area contributed by atoms with E-state index in [1.165, 1.54) is 212 Å². The van der Waals surface area contributed by atoms with E-state index in [1.807, 2.05) is 0 Å². The van der Waals surface area contributed by atoms with Gasteiger partial charge < -0.3 is 33.8 Å². The molecule has 0 amide bonds. The van der Waals surface area contributed by atoms with Crippen LogP contribution >= 0.6 is 15.6 Å². The van der Waals surface area contributed by atoms with Gasteiger partial charge in [-0.15, -0.1) is 0 Å². The molecule has 5 atom stereocenters. The summed E-state index contributed by atoms with van der Waals surface area (Å²) in [7, 11) is -9.92. The molecule has 0 radical (unpaired) electrons. The van der Waals surface area contributed by atoms with Crippen molar-refractivity contribution in [1.29, 1.82) is 0 Å². The first-order valence-corrected chi connectivity index (χ1v) is 44.7. The smallest absolute Gasteiger partial charge is 0.462 e. The number of aliphatic hydroxyl groups is 1. The second-order valence-corrected chi connectivity index (χ2v) is 34.0. The third-order valence-corrected chi connectivity index (χ3v) is 20.7. The molecule has 3 unspecified atom stereocenters. The molecule has 0 saturated carbocycles. The average molecular weight is 1470 g/mol. The van der Waals surface area contributed by atoms with Crippen LogP contribution in [0.3, 0.4) is 0 Å². The summed E-state index contributed by atoms with van der Waals surface area (Å²) in [5.74, 6) is 0.951. The second-order valence-electron chi connectivity index (χ2n) is 31.1. The van der Waals surface area contributed by atoms with Gasteiger partial charge in [0.05, 0.1) is 26.4 Å². The van der Waals surface area contributed by atoms with E-state index in [4.69, 9.17) is 37.0 Å². The van der Waals surface area contributed by atoms with E-state index < -0.39 is 97.5 Å². The molecule has 17 nitrogen and oxygen atoms in total. The fourth-order valence-corrected chi connectivity index (χ4v) is 14.0. The molecule has 594 valence electrons. The summed E-state index contributed by atoms with van der Waals surface area (Å²) in [6.07, 6.45) is 57.1. The molecule has 19 heteroatoms. The molecule has 0 rings (SSSR count). The van der Waals surface area contributed by atoms with Gasteiger partial charge in [0.25, 0.3) is 0 Å². The highest BCUT2D eigenvalue weighted by Gasteiger charge is 2.30. The zero-order chi connectivity index (χ0) is 73.8. The summed E-state index contributed by atoms with van der Waals surface area (Å²) < 4.78 is 68.7. The minimum absolute atomic E-state index is 0.105. The number of carbonyl (C=O) groups is 4. The van der Waals surface area contributed by atoms with Crippen LogP contribution in [0.2, 0.25) is 0 Å². The van der Waals surface area contributed by atoms with E-state index in [0.29, 0.717) is 31.6 Å². The van der Waals surface area contributed by atoms with Gasteiger partial charge in [0, 0.05) is 25.7 Å². The highest BCUT2D eigenvalue weighted by atomic mass is 31.2. The summed E-state index contributed by atoms with van der Waals surface area (Å²) in [5.41, 5.74) is 0. The molecule has 0 fully saturated rings. The van der Waals surface area contributed by atoms with Gasteiger partial charge in [-0.05, 0) is 49.4 Å². The first kappa shape index (κ1) is 98.1. The third-order valence-electron chi connectivity index (χ3n) is 18.8. The summed E-state index contributed by atoms with van der Waals surface area (Å²) in [6, 6.07) is 0. The van der Waals surface area contributed by atoms with Gasteiger partial charge in [-0.2, -0.15) is 0 Å². The Bertz CT molecular complexity index is 1950. The quantitative estimate of drug-likeness (QED) is 0.0222. The minimum atomic E-state index is -4.96. The Morgan fingerprint density at radius 2 is 0.420 bits per heavy atom. The van der Waals surface area contributed by atoms with E-state index in [0.717, 1.165) is 114 Å². The molecule has 0 aliphatic carbocycles. The number of aliphatic hydroxyl groups excluding tert-OH is 1. The zero-order valence-corrected chi connectivity index (χ0v) is 67.6. The molecule has 100 heavy (non-hydrogen) atoms. The fourth-order valence-electron chi connectivity index (χ4n) is 12.4. The van der Waals surface area contributed by atoms with Crippen LogP contribution in [0.15, 0.2) is 0 Å². The Morgan fingerprint density at radius 1 is 0.250 bits per heavy atom. The van der Waals surface area contributed by atoms with Crippen molar-refractivity contribution in [3.8, 4) is 0 Å². The lowest BCUT2D eigenvalue weighted by atomic mass is 10.0.